The maximum absolute atomic E-state index is 14.0. The van der Waals surface area contributed by atoms with Crippen molar-refractivity contribution in [3.05, 3.63) is 87.7 Å². The van der Waals surface area contributed by atoms with Gasteiger partial charge in [-0.25, -0.2) is 0 Å². The van der Waals surface area contributed by atoms with E-state index in [2.05, 4.69) is 39.2 Å². The molecule has 2 aromatic rings. The van der Waals surface area contributed by atoms with Crippen LogP contribution in [0.1, 0.15) is 77.3 Å². The molecule has 0 saturated carbocycles. The van der Waals surface area contributed by atoms with E-state index in [0.717, 1.165) is 11.4 Å². The molecule has 1 heterocycles. The third kappa shape index (κ3) is 5.98. The minimum Gasteiger partial charge on any atom is -0.490 e. The van der Waals surface area contributed by atoms with Crippen LogP contribution in [0, 0.1) is 10.8 Å². The Labute approximate surface area is 265 Å². The first-order chi connectivity index (χ1) is 20.6. The van der Waals surface area contributed by atoms with Gasteiger partial charge in [-0.05, 0) is 72.9 Å². The van der Waals surface area contributed by atoms with Crippen LogP contribution in [-0.4, -0.2) is 38.5 Å². The smallest absolute Gasteiger partial charge is 0.339 e. The first-order valence-electron chi connectivity index (χ1n) is 14.9. The predicted octanol–water partition coefficient (Wildman–Crippen LogP) is 7.55. The van der Waals surface area contributed by atoms with Crippen molar-refractivity contribution in [2.45, 2.75) is 77.5 Å². The van der Waals surface area contributed by atoms with Crippen LogP contribution in [0.2, 0.25) is 5.02 Å². The molecule has 2 aromatic carbocycles. The van der Waals surface area contributed by atoms with Crippen LogP contribution in [0.15, 0.2) is 76.5 Å². The molecular formula is C35H40ClNO6S. The molecule has 9 heteroatoms. The molecule has 0 atom stereocenters. The lowest BCUT2D eigenvalue weighted by molar-refractivity contribution is -0.119. The fourth-order valence-electron chi connectivity index (χ4n) is 6.77. The van der Waals surface area contributed by atoms with Gasteiger partial charge in [0.2, 0.25) is 0 Å². The molecule has 3 aliphatic rings. The summed E-state index contributed by atoms with van der Waals surface area (Å²) in [5.41, 5.74) is 3.91. The van der Waals surface area contributed by atoms with Crippen molar-refractivity contribution in [3.63, 3.8) is 0 Å². The van der Waals surface area contributed by atoms with Crippen molar-refractivity contribution in [1.82, 2.24) is 4.90 Å². The van der Waals surface area contributed by atoms with Gasteiger partial charge in [-0.2, -0.15) is 8.42 Å². The number of hydrogen-bond donors (Lipinski definition) is 0. The van der Waals surface area contributed by atoms with Gasteiger partial charge in [0, 0.05) is 58.9 Å². The Morgan fingerprint density at radius 1 is 0.955 bits per heavy atom. The van der Waals surface area contributed by atoms with Crippen LogP contribution in [0.5, 0.6) is 11.5 Å². The molecule has 0 fully saturated rings. The largest absolute Gasteiger partial charge is 0.490 e. The van der Waals surface area contributed by atoms with Gasteiger partial charge in [0.25, 0.3) is 0 Å². The molecule has 1 aliphatic heterocycles. The molecule has 0 amide bonds. The lowest BCUT2D eigenvalue weighted by Gasteiger charge is -2.48. The van der Waals surface area contributed by atoms with Crippen LogP contribution in [0.3, 0.4) is 0 Å². The SMILES string of the molecule is C=CCc1cc(C2C3=C(CC(C)(C)CC3=O)N(C)C3=C2C(=O)CC(C)(C)C3)cc(OCC)c1OS(=O)(=O)c1ccc(Cl)cc1. The maximum atomic E-state index is 14.0. The number of allylic oxidation sites excluding steroid dienone is 5. The van der Waals surface area contributed by atoms with Crippen LogP contribution in [0.4, 0.5) is 0 Å². The maximum Gasteiger partial charge on any atom is 0.339 e. The zero-order valence-corrected chi connectivity index (χ0v) is 27.8. The molecule has 0 aromatic heterocycles. The van der Waals surface area contributed by atoms with E-state index in [-0.39, 0.29) is 51.8 Å². The first kappa shape index (κ1) is 32.0. The number of Topliss-reactive ketones (excluding diaryl/α,β-unsaturated/α-hetero) is 2. The van der Waals surface area contributed by atoms with Gasteiger partial charge in [0.15, 0.2) is 23.1 Å². The fraction of sp³-hybridized carbons (Fsp3) is 0.429. The van der Waals surface area contributed by atoms with E-state index in [0.29, 0.717) is 53.0 Å². The number of rotatable bonds is 8. The van der Waals surface area contributed by atoms with Crippen LogP contribution in [0.25, 0.3) is 0 Å². The highest BCUT2D eigenvalue weighted by Crippen LogP contribution is 2.55. The number of ketones is 2. The lowest BCUT2D eigenvalue weighted by atomic mass is 9.63. The highest BCUT2D eigenvalue weighted by Gasteiger charge is 2.48. The average Bonchev–Trinajstić information content (AvgIpc) is 2.91. The van der Waals surface area contributed by atoms with Crippen molar-refractivity contribution in [3.8, 4) is 11.5 Å². The van der Waals surface area contributed by atoms with Gasteiger partial charge < -0.3 is 13.8 Å². The molecule has 0 spiro atoms. The number of carbonyl (C=O) groups is 2. The highest BCUT2D eigenvalue weighted by atomic mass is 35.5. The molecule has 44 heavy (non-hydrogen) atoms. The Morgan fingerprint density at radius 2 is 1.50 bits per heavy atom. The van der Waals surface area contributed by atoms with Gasteiger partial charge in [-0.1, -0.05) is 51.4 Å². The van der Waals surface area contributed by atoms with E-state index < -0.39 is 16.0 Å². The third-order valence-corrected chi connectivity index (χ3v) is 10.1. The molecule has 7 nitrogen and oxygen atoms in total. The summed E-state index contributed by atoms with van der Waals surface area (Å²) >= 11 is 5.98. The van der Waals surface area contributed by atoms with Gasteiger partial charge in [-0.15, -0.1) is 6.58 Å². The number of benzene rings is 2. The quantitative estimate of drug-likeness (QED) is 0.218. The summed E-state index contributed by atoms with van der Waals surface area (Å²) in [6, 6.07) is 9.29. The number of ether oxygens (including phenoxy) is 1. The van der Waals surface area contributed by atoms with E-state index in [1.54, 1.807) is 19.1 Å². The van der Waals surface area contributed by atoms with E-state index in [1.165, 1.54) is 24.3 Å². The van der Waals surface area contributed by atoms with Gasteiger partial charge in [-0.3, -0.25) is 9.59 Å². The zero-order chi connectivity index (χ0) is 32.2. The van der Waals surface area contributed by atoms with Crippen molar-refractivity contribution >= 4 is 33.3 Å². The molecule has 0 N–H and O–H groups in total. The van der Waals surface area contributed by atoms with Crippen molar-refractivity contribution in [2.75, 3.05) is 13.7 Å². The monoisotopic (exact) mass is 637 g/mol. The van der Waals surface area contributed by atoms with Crippen molar-refractivity contribution < 1.29 is 26.9 Å². The van der Waals surface area contributed by atoms with Gasteiger partial charge >= 0.3 is 10.1 Å². The molecule has 0 radical (unpaired) electrons. The second-order valence-electron chi connectivity index (χ2n) is 13.5. The highest BCUT2D eigenvalue weighted by molar-refractivity contribution is 7.87. The summed E-state index contributed by atoms with van der Waals surface area (Å²) in [6.45, 7) is 14.3. The Kier molecular flexibility index (Phi) is 8.40. The topological polar surface area (TPSA) is 90.0 Å². The van der Waals surface area contributed by atoms with Crippen LogP contribution in [-0.2, 0) is 26.1 Å². The summed E-state index contributed by atoms with van der Waals surface area (Å²) in [5.74, 6) is -0.297. The summed E-state index contributed by atoms with van der Waals surface area (Å²) in [4.78, 5) is 30.0. The minimum atomic E-state index is -4.24. The molecule has 234 valence electrons. The summed E-state index contributed by atoms with van der Waals surface area (Å²) in [6.07, 6.45) is 4.07. The van der Waals surface area contributed by atoms with E-state index in [4.69, 9.17) is 20.5 Å². The Morgan fingerprint density at radius 3 is 2.00 bits per heavy atom. The summed E-state index contributed by atoms with van der Waals surface area (Å²) < 4.78 is 38.5. The fourth-order valence-corrected chi connectivity index (χ4v) is 7.87. The predicted molar refractivity (Wildman–Crippen MR) is 171 cm³/mol. The Hall–Kier alpha value is -3.36. The molecule has 0 unspecified atom stereocenters. The zero-order valence-electron chi connectivity index (χ0n) is 26.3. The molecule has 5 rings (SSSR count). The molecule has 0 bridgehead atoms. The second kappa shape index (κ2) is 11.5. The first-order valence-corrected chi connectivity index (χ1v) is 16.7. The third-order valence-electron chi connectivity index (χ3n) is 8.63. The van der Waals surface area contributed by atoms with Gasteiger partial charge in [0.1, 0.15) is 4.90 Å². The summed E-state index contributed by atoms with van der Waals surface area (Å²) in [7, 11) is -2.27. The molecule has 2 aliphatic carbocycles. The second-order valence-corrected chi connectivity index (χ2v) is 15.5. The minimum absolute atomic E-state index is 0.0196. The normalized spacial score (nSPS) is 19.9. The van der Waals surface area contributed by atoms with Crippen molar-refractivity contribution in [1.29, 1.82) is 0 Å². The Bertz CT molecular complexity index is 1660. The standard InChI is InChI=1S/C35H40ClNO6S/c1-8-10-21-15-22(16-29(42-9-2)33(21)43-44(40,41)24-13-11-23(36)12-14-24)30-31-25(17-34(3,4)19-27(31)38)37(7)26-18-35(5,6)20-28(39)32(26)30/h8,11-16,30H,1,9-10,17-20H2,2-7H3. The molecular weight excluding hydrogens is 598 g/mol. The Balaban J connectivity index is 1.73. The van der Waals surface area contributed by atoms with Gasteiger partial charge in [0.05, 0.1) is 6.61 Å². The van der Waals surface area contributed by atoms with Crippen molar-refractivity contribution in [2.24, 2.45) is 10.8 Å². The number of hydrogen-bond acceptors (Lipinski definition) is 7. The average molecular weight is 638 g/mol. The van der Waals surface area contributed by atoms with E-state index in [9.17, 15) is 18.0 Å². The number of nitrogens with zero attached hydrogens (tertiary/aromatic N) is 1. The van der Waals surface area contributed by atoms with Crippen LogP contribution < -0.4 is 8.92 Å². The van der Waals surface area contributed by atoms with E-state index in [1.807, 2.05) is 13.1 Å². The molecule has 0 saturated heterocycles. The number of carbonyl (C=O) groups excluding carboxylic acids is 2. The van der Waals surface area contributed by atoms with E-state index >= 15 is 0 Å². The number of halogens is 1. The van der Waals surface area contributed by atoms with Crippen LogP contribution >= 0.6 is 11.6 Å². The summed E-state index contributed by atoms with van der Waals surface area (Å²) in [5, 5.41) is 0.400. The lowest BCUT2D eigenvalue weighted by Crippen LogP contribution is -2.43.